The predicted molar refractivity (Wildman–Crippen MR) is 96.7 cm³/mol. The SMILES string of the molecule is Cc1cnccc1NCCNCc1nc(-c2ccc(F)cc2)cs1. The molecule has 0 spiro atoms. The van der Waals surface area contributed by atoms with Gasteiger partial charge in [0, 0.05) is 48.7 Å². The molecule has 4 nitrogen and oxygen atoms in total. The second kappa shape index (κ2) is 7.99. The van der Waals surface area contributed by atoms with E-state index in [0.29, 0.717) is 0 Å². The minimum Gasteiger partial charge on any atom is -0.383 e. The molecule has 0 saturated heterocycles. The van der Waals surface area contributed by atoms with Gasteiger partial charge in [-0.25, -0.2) is 9.37 Å². The molecule has 0 amide bonds. The second-order valence-corrected chi connectivity index (χ2v) is 6.37. The zero-order valence-corrected chi connectivity index (χ0v) is 14.2. The third kappa shape index (κ3) is 4.37. The summed E-state index contributed by atoms with van der Waals surface area (Å²) in [7, 11) is 0. The molecule has 3 rings (SSSR count). The number of aromatic nitrogens is 2. The summed E-state index contributed by atoms with van der Waals surface area (Å²) in [4.78, 5) is 8.66. The van der Waals surface area contributed by atoms with Crippen LogP contribution in [0.1, 0.15) is 10.6 Å². The molecule has 0 saturated carbocycles. The van der Waals surface area contributed by atoms with Gasteiger partial charge in [0.05, 0.1) is 5.69 Å². The Morgan fingerprint density at radius 3 is 2.75 bits per heavy atom. The Kier molecular flexibility index (Phi) is 5.51. The lowest BCUT2D eigenvalue weighted by Crippen LogP contribution is -2.22. The fraction of sp³-hybridized carbons (Fsp3) is 0.222. The van der Waals surface area contributed by atoms with Gasteiger partial charge in [0.15, 0.2) is 0 Å². The highest BCUT2D eigenvalue weighted by Gasteiger charge is 2.04. The molecule has 2 heterocycles. The molecular weight excluding hydrogens is 323 g/mol. The fourth-order valence-electron chi connectivity index (χ4n) is 2.30. The number of hydrogen-bond donors (Lipinski definition) is 2. The quantitative estimate of drug-likeness (QED) is 0.640. The first-order chi connectivity index (χ1) is 11.7. The third-order valence-electron chi connectivity index (χ3n) is 3.61. The highest BCUT2D eigenvalue weighted by atomic mass is 32.1. The Morgan fingerprint density at radius 1 is 1.12 bits per heavy atom. The highest BCUT2D eigenvalue weighted by Crippen LogP contribution is 2.22. The van der Waals surface area contributed by atoms with Gasteiger partial charge in [-0.05, 0) is 42.8 Å². The number of halogens is 1. The molecule has 0 radical (unpaired) electrons. The van der Waals surface area contributed by atoms with Crippen molar-refractivity contribution in [3.63, 3.8) is 0 Å². The zero-order chi connectivity index (χ0) is 16.8. The molecule has 0 aliphatic heterocycles. The van der Waals surface area contributed by atoms with Crippen molar-refractivity contribution in [3.05, 3.63) is 64.5 Å². The van der Waals surface area contributed by atoms with Gasteiger partial charge in [-0.2, -0.15) is 0 Å². The van der Waals surface area contributed by atoms with E-state index in [1.165, 1.54) is 12.1 Å². The van der Waals surface area contributed by atoms with E-state index in [1.807, 2.05) is 24.6 Å². The molecule has 0 atom stereocenters. The molecule has 3 aromatic rings. The molecule has 2 aromatic heterocycles. The molecule has 2 N–H and O–H groups in total. The van der Waals surface area contributed by atoms with Gasteiger partial charge >= 0.3 is 0 Å². The van der Waals surface area contributed by atoms with Crippen LogP contribution in [0, 0.1) is 12.7 Å². The Bertz CT molecular complexity index is 786. The summed E-state index contributed by atoms with van der Waals surface area (Å²) in [5, 5.41) is 9.78. The van der Waals surface area contributed by atoms with Gasteiger partial charge in [0.25, 0.3) is 0 Å². The first-order valence-electron chi connectivity index (χ1n) is 7.78. The number of rotatable bonds is 7. The number of nitrogens with zero attached hydrogens (tertiary/aromatic N) is 2. The smallest absolute Gasteiger partial charge is 0.123 e. The van der Waals surface area contributed by atoms with Crippen molar-refractivity contribution >= 4 is 17.0 Å². The van der Waals surface area contributed by atoms with Crippen LogP contribution in [-0.2, 0) is 6.54 Å². The number of hydrogen-bond acceptors (Lipinski definition) is 5. The molecule has 0 fully saturated rings. The van der Waals surface area contributed by atoms with E-state index in [0.717, 1.165) is 47.2 Å². The number of benzene rings is 1. The lowest BCUT2D eigenvalue weighted by atomic mass is 10.2. The van der Waals surface area contributed by atoms with E-state index in [4.69, 9.17) is 0 Å². The van der Waals surface area contributed by atoms with E-state index in [1.54, 1.807) is 29.7 Å². The molecule has 1 aromatic carbocycles. The minimum atomic E-state index is -0.229. The van der Waals surface area contributed by atoms with Crippen molar-refractivity contribution in [2.24, 2.45) is 0 Å². The molecular formula is C18H19FN4S. The Balaban J connectivity index is 1.44. The van der Waals surface area contributed by atoms with E-state index < -0.39 is 0 Å². The monoisotopic (exact) mass is 342 g/mol. The van der Waals surface area contributed by atoms with Crippen molar-refractivity contribution in [1.29, 1.82) is 0 Å². The molecule has 0 aliphatic rings. The zero-order valence-electron chi connectivity index (χ0n) is 13.4. The van der Waals surface area contributed by atoms with E-state index >= 15 is 0 Å². The van der Waals surface area contributed by atoms with Gasteiger partial charge < -0.3 is 10.6 Å². The van der Waals surface area contributed by atoms with Gasteiger partial charge in [-0.1, -0.05) is 0 Å². The lowest BCUT2D eigenvalue weighted by molar-refractivity contribution is 0.628. The van der Waals surface area contributed by atoms with Crippen molar-refractivity contribution in [2.75, 3.05) is 18.4 Å². The number of anilines is 1. The van der Waals surface area contributed by atoms with Crippen molar-refractivity contribution in [3.8, 4) is 11.3 Å². The standard InChI is InChI=1S/C18H19FN4S/c1-13-10-20-7-6-16(13)22-9-8-21-11-18-23-17(12-24-18)14-2-4-15(19)5-3-14/h2-7,10,12,21H,8-9,11H2,1H3,(H,20,22). The van der Waals surface area contributed by atoms with E-state index in [-0.39, 0.29) is 5.82 Å². The van der Waals surface area contributed by atoms with Gasteiger partial charge in [-0.3, -0.25) is 4.98 Å². The van der Waals surface area contributed by atoms with Crippen LogP contribution in [0.15, 0.2) is 48.1 Å². The Morgan fingerprint density at radius 2 is 1.96 bits per heavy atom. The van der Waals surface area contributed by atoms with Crippen LogP contribution >= 0.6 is 11.3 Å². The lowest BCUT2D eigenvalue weighted by Gasteiger charge is -2.09. The van der Waals surface area contributed by atoms with E-state index in [9.17, 15) is 4.39 Å². The third-order valence-corrected chi connectivity index (χ3v) is 4.45. The number of aryl methyl sites for hydroxylation is 1. The second-order valence-electron chi connectivity index (χ2n) is 5.43. The maximum atomic E-state index is 13.0. The highest BCUT2D eigenvalue weighted by molar-refractivity contribution is 7.09. The Labute approximate surface area is 144 Å². The fourth-order valence-corrected chi connectivity index (χ4v) is 3.07. The van der Waals surface area contributed by atoms with Crippen LogP contribution in [0.3, 0.4) is 0 Å². The summed E-state index contributed by atoms with van der Waals surface area (Å²) in [6, 6.07) is 8.40. The summed E-state index contributed by atoms with van der Waals surface area (Å²) in [6.07, 6.45) is 3.64. The topological polar surface area (TPSA) is 49.8 Å². The van der Waals surface area contributed by atoms with E-state index in [2.05, 4.69) is 20.6 Å². The van der Waals surface area contributed by atoms with Gasteiger partial charge in [0.1, 0.15) is 10.8 Å². The molecule has 124 valence electrons. The number of thiazole rings is 1. The van der Waals surface area contributed by atoms with Crippen molar-refractivity contribution in [1.82, 2.24) is 15.3 Å². The molecule has 0 bridgehead atoms. The predicted octanol–water partition coefficient (Wildman–Crippen LogP) is 3.85. The average molecular weight is 342 g/mol. The Hall–Kier alpha value is -2.31. The summed E-state index contributed by atoms with van der Waals surface area (Å²) >= 11 is 1.61. The van der Waals surface area contributed by atoms with Crippen LogP contribution < -0.4 is 10.6 Å². The molecule has 0 aliphatic carbocycles. The molecule has 6 heteroatoms. The first-order valence-corrected chi connectivity index (χ1v) is 8.66. The maximum absolute atomic E-state index is 13.0. The van der Waals surface area contributed by atoms with Crippen LogP contribution in [0.25, 0.3) is 11.3 Å². The summed E-state index contributed by atoms with van der Waals surface area (Å²) in [6.45, 7) is 4.44. The minimum absolute atomic E-state index is 0.229. The first kappa shape index (κ1) is 16.5. The van der Waals surface area contributed by atoms with Gasteiger partial charge in [-0.15, -0.1) is 11.3 Å². The van der Waals surface area contributed by atoms with Crippen molar-refractivity contribution in [2.45, 2.75) is 13.5 Å². The summed E-state index contributed by atoms with van der Waals surface area (Å²) in [5.74, 6) is -0.229. The summed E-state index contributed by atoms with van der Waals surface area (Å²) in [5.41, 5.74) is 4.08. The van der Waals surface area contributed by atoms with Crippen LogP contribution in [-0.4, -0.2) is 23.1 Å². The van der Waals surface area contributed by atoms with Crippen LogP contribution in [0.4, 0.5) is 10.1 Å². The van der Waals surface area contributed by atoms with Crippen molar-refractivity contribution < 1.29 is 4.39 Å². The van der Waals surface area contributed by atoms with Crippen LogP contribution in [0.5, 0.6) is 0 Å². The number of nitrogens with one attached hydrogen (secondary N) is 2. The molecule has 0 unspecified atom stereocenters. The normalized spacial score (nSPS) is 10.8. The number of pyridine rings is 1. The van der Waals surface area contributed by atoms with Crippen LogP contribution in [0.2, 0.25) is 0 Å². The average Bonchev–Trinajstić information content (AvgIpc) is 3.06. The van der Waals surface area contributed by atoms with Gasteiger partial charge in [0.2, 0.25) is 0 Å². The largest absolute Gasteiger partial charge is 0.383 e. The molecule has 24 heavy (non-hydrogen) atoms. The maximum Gasteiger partial charge on any atom is 0.123 e. The summed E-state index contributed by atoms with van der Waals surface area (Å²) < 4.78 is 13.0.